The fraction of sp³-hybridized carbons (Fsp3) is 0.400. The first-order chi connectivity index (χ1) is 12.8. The number of hydrogen-bond donors (Lipinski definition) is 2. The molecule has 1 saturated heterocycles. The van der Waals surface area contributed by atoms with E-state index in [-0.39, 0.29) is 18.9 Å². The zero-order valence-electron chi connectivity index (χ0n) is 14.7. The number of benzene rings is 1. The Hall–Kier alpha value is -2.44. The second-order valence-corrected chi connectivity index (χ2v) is 7.26. The average Bonchev–Trinajstić information content (AvgIpc) is 3.16. The number of anilines is 1. The summed E-state index contributed by atoms with van der Waals surface area (Å²) in [7, 11) is 0. The minimum absolute atomic E-state index is 0.0721. The smallest absolute Gasteiger partial charge is 0.148 e. The van der Waals surface area contributed by atoms with E-state index in [4.69, 9.17) is 4.74 Å². The van der Waals surface area contributed by atoms with Crippen molar-refractivity contribution in [3.05, 3.63) is 42.4 Å². The maximum atomic E-state index is 9.25. The van der Waals surface area contributed by atoms with Crippen molar-refractivity contribution < 1.29 is 9.84 Å². The van der Waals surface area contributed by atoms with Gasteiger partial charge in [0.25, 0.3) is 0 Å². The summed E-state index contributed by atoms with van der Waals surface area (Å²) >= 11 is 0. The quantitative estimate of drug-likeness (QED) is 0.758. The van der Waals surface area contributed by atoms with E-state index in [1.165, 1.54) is 11.1 Å². The Kier molecular flexibility index (Phi) is 3.69. The summed E-state index contributed by atoms with van der Waals surface area (Å²) in [5, 5.41) is 13.8. The van der Waals surface area contributed by atoms with Crippen molar-refractivity contribution in [3.8, 4) is 11.1 Å². The Balaban J connectivity index is 1.68. The topological polar surface area (TPSA) is 72.2 Å². The lowest BCUT2D eigenvalue weighted by Crippen LogP contribution is -2.14. The van der Waals surface area contributed by atoms with Crippen LogP contribution >= 0.6 is 0 Å². The van der Waals surface area contributed by atoms with Crippen molar-refractivity contribution in [2.75, 3.05) is 11.9 Å². The minimum atomic E-state index is -0.0721. The Bertz CT molecular complexity index is 968. The lowest BCUT2D eigenvalue weighted by atomic mass is 10.0. The summed E-state index contributed by atoms with van der Waals surface area (Å²) in [6.07, 6.45) is 5.44. The fourth-order valence-electron chi connectivity index (χ4n) is 4.32. The Morgan fingerprint density at radius 2 is 2.15 bits per heavy atom. The van der Waals surface area contributed by atoms with Gasteiger partial charge in [-0.1, -0.05) is 31.2 Å². The van der Waals surface area contributed by atoms with E-state index in [2.05, 4.69) is 57.2 Å². The summed E-state index contributed by atoms with van der Waals surface area (Å²) in [6, 6.07) is 8.45. The second kappa shape index (κ2) is 6.07. The number of hydrogen-bond acceptors (Lipinski definition) is 5. The summed E-state index contributed by atoms with van der Waals surface area (Å²) in [4.78, 5) is 9.07. The Morgan fingerprint density at radius 1 is 1.27 bits per heavy atom. The van der Waals surface area contributed by atoms with Crippen molar-refractivity contribution in [2.45, 2.75) is 38.6 Å². The predicted octanol–water partition coefficient (Wildman–Crippen LogP) is 3.33. The summed E-state index contributed by atoms with van der Waals surface area (Å²) in [6.45, 7) is 3.12. The highest BCUT2D eigenvalue weighted by Crippen LogP contribution is 2.43. The molecule has 6 nitrogen and oxygen atoms in total. The summed E-state index contributed by atoms with van der Waals surface area (Å²) in [5.74, 6) is 1.23. The molecule has 2 N–H and O–H groups in total. The first-order valence-corrected chi connectivity index (χ1v) is 9.20. The molecule has 4 heterocycles. The lowest BCUT2D eigenvalue weighted by Gasteiger charge is -2.18. The van der Waals surface area contributed by atoms with E-state index in [9.17, 15) is 5.11 Å². The molecule has 0 unspecified atom stereocenters. The normalized spacial score (nSPS) is 24.3. The molecule has 0 spiro atoms. The van der Waals surface area contributed by atoms with Gasteiger partial charge < -0.3 is 19.7 Å². The molecule has 3 aromatic rings. The third-order valence-electron chi connectivity index (χ3n) is 5.54. The maximum absolute atomic E-state index is 9.25. The van der Waals surface area contributed by atoms with E-state index in [1.54, 1.807) is 6.33 Å². The lowest BCUT2D eigenvalue weighted by molar-refractivity contribution is -0.0160. The van der Waals surface area contributed by atoms with E-state index >= 15 is 0 Å². The van der Waals surface area contributed by atoms with Gasteiger partial charge in [0.05, 0.1) is 11.5 Å². The van der Waals surface area contributed by atoms with Gasteiger partial charge in [-0.15, -0.1) is 0 Å². The average molecular weight is 350 g/mol. The molecule has 0 radical (unpaired) electrons. The molecular formula is C20H22N4O2. The van der Waals surface area contributed by atoms with Crippen molar-refractivity contribution >= 4 is 16.9 Å². The van der Waals surface area contributed by atoms with Crippen LogP contribution in [-0.2, 0) is 11.3 Å². The van der Waals surface area contributed by atoms with E-state index < -0.39 is 0 Å². The third-order valence-corrected chi connectivity index (χ3v) is 5.54. The molecule has 2 aliphatic rings. The third kappa shape index (κ3) is 2.33. The molecule has 134 valence electrons. The molecule has 1 aromatic carbocycles. The van der Waals surface area contributed by atoms with Gasteiger partial charge in [-0.25, -0.2) is 9.97 Å². The highest BCUT2D eigenvalue weighted by molar-refractivity contribution is 6.02. The highest BCUT2D eigenvalue weighted by atomic mass is 16.5. The van der Waals surface area contributed by atoms with Crippen LogP contribution in [0.3, 0.4) is 0 Å². The molecule has 2 aliphatic heterocycles. The molecule has 5 rings (SSSR count). The van der Waals surface area contributed by atoms with Crippen LogP contribution in [0.15, 0.2) is 36.8 Å². The number of aliphatic hydroxyl groups excluding tert-OH is 1. The van der Waals surface area contributed by atoms with Crippen LogP contribution in [0.1, 0.15) is 31.6 Å². The summed E-state index contributed by atoms with van der Waals surface area (Å²) in [5.41, 5.74) is 4.52. The predicted molar refractivity (Wildman–Crippen MR) is 99.7 cm³/mol. The van der Waals surface area contributed by atoms with Gasteiger partial charge in [0.15, 0.2) is 0 Å². The van der Waals surface area contributed by atoms with Gasteiger partial charge in [-0.05, 0) is 24.0 Å². The molecule has 6 heteroatoms. The number of aliphatic hydroxyl groups is 1. The largest absolute Gasteiger partial charge is 0.396 e. The number of nitrogens with zero attached hydrogens (tertiary/aromatic N) is 3. The molecule has 0 aliphatic carbocycles. The molecule has 2 aromatic heterocycles. The molecule has 0 saturated carbocycles. The van der Waals surface area contributed by atoms with Gasteiger partial charge in [-0.2, -0.15) is 0 Å². The number of rotatable bonds is 3. The number of fused-ring (bicyclic) bond motifs is 2. The first kappa shape index (κ1) is 15.8. The zero-order chi connectivity index (χ0) is 17.7. The first-order valence-electron chi connectivity index (χ1n) is 9.20. The molecular weight excluding hydrogens is 328 g/mol. The molecule has 3 atom stereocenters. The molecule has 0 amide bonds. The minimum Gasteiger partial charge on any atom is -0.396 e. The van der Waals surface area contributed by atoms with Gasteiger partial charge in [-0.3, -0.25) is 0 Å². The van der Waals surface area contributed by atoms with Crippen molar-refractivity contribution in [1.82, 2.24) is 14.5 Å². The monoisotopic (exact) mass is 350 g/mol. The highest BCUT2D eigenvalue weighted by Gasteiger charge is 2.35. The standard InChI is InChI=1S/C20H22N4O2/c1-12-8-14(6-7-25)26-20(12)24-10-16-15-5-3-2-4-13(15)9-21-18-17(16)19(24)23-11-22-18/h2-5,10-12,14,20,25H,6-9H2,1H3,(H,21,22,23)/t12-,14+,20+/m0/s1. The van der Waals surface area contributed by atoms with Crippen LogP contribution in [-0.4, -0.2) is 32.4 Å². The molecule has 1 fully saturated rings. The maximum Gasteiger partial charge on any atom is 0.148 e. The van der Waals surface area contributed by atoms with Crippen LogP contribution in [0.2, 0.25) is 0 Å². The number of aromatic nitrogens is 3. The van der Waals surface area contributed by atoms with Crippen LogP contribution in [0.25, 0.3) is 22.2 Å². The summed E-state index contributed by atoms with van der Waals surface area (Å²) < 4.78 is 8.42. The Morgan fingerprint density at radius 3 is 3.04 bits per heavy atom. The SMILES string of the molecule is C[C@H]1C[C@@H](CCO)O[C@H]1n1cc2c3c(ncnc31)NCc1ccccc1-2. The van der Waals surface area contributed by atoms with E-state index in [0.717, 1.165) is 35.4 Å². The molecule has 26 heavy (non-hydrogen) atoms. The van der Waals surface area contributed by atoms with Crippen LogP contribution < -0.4 is 5.32 Å². The van der Waals surface area contributed by atoms with Crippen LogP contribution in [0.5, 0.6) is 0 Å². The van der Waals surface area contributed by atoms with E-state index in [0.29, 0.717) is 12.3 Å². The fourth-order valence-corrected chi connectivity index (χ4v) is 4.32. The van der Waals surface area contributed by atoms with E-state index in [1.807, 2.05) is 0 Å². The van der Waals surface area contributed by atoms with Gasteiger partial charge in [0, 0.05) is 30.8 Å². The van der Waals surface area contributed by atoms with Crippen LogP contribution in [0, 0.1) is 5.92 Å². The van der Waals surface area contributed by atoms with Gasteiger partial charge in [0.1, 0.15) is 24.0 Å². The zero-order valence-corrected chi connectivity index (χ0v) is 14.7. The number of nitrogens with one attached hydrogen (secondary N) is 1. The van der Waals surface area contributed by atoms with Gasteiger partial charge in [0.2, 0.25) is 0 Å². The molecule has 0 bridgehead atoms. The van der Waals surface area contributed by atoms with Crippen LogP contribution in [0.4, 0.5) is 5.82 Å². The van der Waals surface area contributed by atoms with Crippen molar-refractivity contribution in [3.63, 3.8) is 0 Å². The number of ether oxygens (including phenoxy) is 1. The Labute approximate surface area is 151 Å². The van der Waals surface area contributed by atoms with Crippen molar-refractivity contribution in [2.24, 2.45) is 5.92 Å². The van der Waals surface area contributed by atoms with Crippen molar-refractivity contribution in [1.29, 1.82) is 0 Å². The van der Waals surface area contributed by atoms with Gasteiger partial charge >= 0.3 is 0 Å². The second-order valence-electron chi connectivity index (χ2n) is 7.26.